The van der Waals surface area contributed by atoms with Gasteiger partial charge in [0.05, 0.1) is 6.04 Å². The monoisotopic (exact) mass is 444 g/mol. The Bertz CT molecular complexity index is 1120. The van der Waals surface area contributed by atoms with Gasteiger partial charge in [-0.2, -0.15) is 0 Å². The molecule has 5 heteroatoms. The van der Waals surface area contributed by atoms with Crippen LogP contribution in [-0.4, -0.2) is 41.2 Å². The van der Waals surface area contributed by atoms with Crippen LogP contribution >= 0.6 is 11.3 Å². The molecule has 1 fully saturated rings. The molecule has 2 heterocycles. The molecule has 1 atom stereocenters. The third-order valence-corrected chi connectivity index (χ3v) is 7.58. The molecule has 1 aromatic heterocycles. The van der Waals surface area contributed by atoms with E-state index >= 15 is 0 Å². The molecule has 4 nitrogen and oxygen atoms in total. The molecule has 1 aliphatic carbocycles. The third-order valence-electron chi connectivity index (χ3n) is 6.58. The second-order valence-corrected chi connectivity index (χ2v) is 9.89. The van der Waals surface area contributed by atoms with E-state index in [1.165, 1.54) is 21.6 Å². The molecule has 2 aromatic carbocycles. The van der Waals surface area contributed by atoms with Crippen LogP contribution in [0.2, 0.25) is 0 Å². The normalized spacial score (nSPS) is 17.7. The van der Waals surface area contributed by atoms with Gasteiger partial charge in [-0.15, -0.1) is 11.3 Å². The maximum absolute atomic E-state index is 13.7. The van der Waals surface area contributed by atoms with Crippen LogP contribution in [-0.2, 0) is 11.2 Å². The Labute approximate surface area is 193 Å². The molecule has 5 rings (SSSR count). The van der Waals surface area contributed by atoms with Crippen LogP contribution in [0.4, 0.5) is 0 Å². The second kappa shape index (κ2) is 8.91. The van der Waals surface area contributed by atoms with Crippen LogP contribution in [0.15, 0.2) is 66.0 Å². The Morgan fingerprint density at radius 2 is 1.75 bits per heavy atom. The first-order valence-electron chi connectivity index (χ1n) is 11.4. The number of carbonyl (C=O) groups is 2. The highest BCUT2D eigenvalue weighted by atomic mass is 32.1. The zero-order chi connectivity index (χ0) is 22.1. The van der Waals surface area contributed by atoms with Gasteiger partial charge in [-0.1, -0.05) is 42.5 Å². The number of fused-ring (bicyclic) bond motifs is 1. The van der Waals surface area contributed by atoms with E-state index in [-0.39, 0.29) is 24.4 Å². The number of carbonyl (C=O) groups excluding carboxylic acids is 2. The quantitative estimate of drug-likeness (QED) is 0.532. The summed E-state index contributed by atoms with van der Waals surface area (Å²) >= 11 is 1.77. The molecule has 0 N–H and O–H groups in total. The van der Waals surface area contributed by atoms with Gasteiger partial charge in [-0.3, -0.25) is 9.59 Å². The number of nitrogens with zero attached hydrogens (tertiary/aromatic N) is 2. The number of thiophene rings is 1. The largest absolute Gasteiger partial charge is 0.330 e. The summed E-state index contributed by atoms with van der Waals surface area (Å²) in [6, 6.07) is 19.7. The van der Waals surface area contributed by atoms with Crippen molar-refractivity contribution in [3.63, 3.8) is 0 Å². The van der Waals surface area contributed by atoms with Crippen LogP contribution in [0.1, 0.15) is 50.8 Å². The van der Waals surface area contributed by atoms with Gasteiger partial charge in [0.2, 0.25) is 5.91 Å². The van der Waals surface area contributed by atoms with Crippen LogP contribution in [0.25, 0.3) is 0 Å². The molecule has 1 saturated carbocycles. The molecular formula is C27H28N2O2S. The number of aryl methyl sites for hydroxylation is 1. The average molecular weight is 445 g/mol. The first kappa shape index (κ1) is 21.0. The van der Waals surface area contributed by atoms with E-state index in [1.807, 2.05) is 47.4 Å². The molecule has 32 heavy (non-hydrogen) atoms. The van der Waals surface area contributed by atoms with Crippen molar-refractivity contribution in [1.29, 1.82) is 0 Å². The fourth-order valence-corrected chi connectivity index (χ4v) is 5.57. The molecule has 164 valence electrons. The molecule has 1 unspecified atom stereocenters. The summed E-state index contributed by atoms with van der Waals surface area (Å²) in [4.78, 5) is 32.1. The summed E-state index contributed by atoms with van der Waals surface area (Å²) < 4.78 is 0. The summed E-state index contributed by atoms with van der Waals surface area (Å²) in [5.74, 6) is 0.499. The molecule has 2 aliphatic rings. The molecule has 1 aliphatic heterocycles. The minimum absolute atomic E-state index is 0.0278. The predicted molar refractivity (Wildman–Crippen MR) is 128 cm³/mol. The Hall–Kier alpha value is -2.92. The zero-order valence-corrected chi connectivity index (χ0v) is 19.2. The lowest BCUT2D eigenvalue weighted by Crippen LogP contribution is -2.47. The lowest BCUT2D eigenvalue weighted by molar-refractivity contribution is -0.134. The minimum atomic E-state index is -0.0895. The molecule has 0 bridgehead atoms. The Morgan fingerprint density at radius 1 is 1.00 bits per heavy atom. The topological polar surface area (TPSA) is 40.6 Å². The van der Waals surface area contributed by atoms with Crippen molar-refractivity contribution in [2.45, 2.75) is 32.2 Å². The highest BCUT2D eigenvalue weighted by molar-refractivity contribution is 7.10. The summed E-state index contributed by atoms with van der Waals surface area (Å²) in [5, 5.41) is 2.13. The standard InChI is InChI=1S/C27H28N2O2S/c1-19-7-5-6-10-22(19)26-23-14-16-32-24(23)13-15-29(26)25(30)18-28(17-20-11-12-20)27(31)21-8-3-2-4-9-21/h2-10,14,16,20,26H,11-13,15,17-18H2,1H3. The van der Waals surface area contributed by atoms with Crippen LogP contribution in [0.5, 0.6) is 0 Å². The summed E-state index contributed by atoms with van der Waals surface area (Å²) in [7, 11) is 0. The van der Waals surface area contributed by atoms with E-state index in [0.717, 1.165) is 19.3 Å². The second-order valence-electron chi connectivity index (χ2n) is 8.89. The molecular weight excluding hydrogens is 416 g/mol. The van der Waals surface area contributed by atoms with Crippen molar-refractivity contribution in [2.75, 3.05) is 19.6 Å². The van der Waals surface area contributed by atoms with Gasteiger partial charge >= 0.3 is 0 Å². The maximum atomic E-state index is 13.7. The Morgan fingerprint density at radius 3 is 2.50 bits per heavy atom. The number of hydrogen-bond acceptors (Lipinski definition) is 3. The molecule has 3 aromatic rings. The third kappa shape index (κ3) is 4.22. The molecule has 0 saturated heterocycles. The highest BCUT2D eigenvalue weighted by Gasteiger charge is 2.36. The molecule has 2 amide bonds. The molecule has 0 spiro atoms. The zero-order valence-electron chi connectivity index (χ0n) is 18.4. The average Bonchev–Trinajstić information content (AvgIpc) is 3.51. The van der Waals surface area contributed by atoms with E-state index in [1.54, 1.807) is 16.2 Å². The van der Waals surface area contributed by atoms with Crippen molar-refractivity contribution in [1.82, 2.24) is 9.80 Å². The van der Waals surface area contributed by atoms with Gasteiger partial charge in [0.1, 0.15) is 6.54 Å². The van der Waals surface area contributed by atoms with Gasteiger partial charge in [-0.25, -0.2) is 0 Å². The SMILES string of the molecule is Cc1ccccc1C1c2ccsc2CCN1C(=O)CN(CC1CC1)C(=O)c1ccccc1. The van der Waals surface area contributed by atoms with Gasteiger partial charge in [-0.05, 0) is 72.4 Å². The number of rotatable bonds is 6. The van der Waals surface area contributed by atoms with Gasteiger partial charge in [0.25, 0.3) is 5.91 Å². The smallest absolute Gasteiger partial charge is 0.254 e. The number of benzene rings is 2. The maximum Gasteiger partial charge on any atom is 0.254 e. The van der Waals surface area contributed by atoms with Crippen LogP contribution < -0.4 is 0 Å². The fraction of sp³-hybridized carbons (Fsp3) is 0.333. The van der Waals surface area contributed by atoms with Gasteiger partial charge < -0.3 is 9.80 Å². The van der Waals surface area contributed by atoms with E-state index in [2.05, 4.69) is 30.5 Å². The van der Waals surface area contributed by atoms with Crippen molar-refractivity contribution in [3.05, 3.63) is 93.2 Å². The van der Waals surface area contributed by atoms with Crippen LogP contribution in [0, 0.1) is 12.8 Å². The van der Waals surface area contributed by atoms with Gasteiger partial charge in [0, 0.05) is 23.5 Å². The van der Waals surface area contributed by atoms with E-state index in [9.17, 15) is 9.59 Å². The van der Waals surface area contributed by atoms with E-state index < -0.39 is 0 Å². The lowest BCUT2D eigenvalue weighted by atomic mass is 9.90. The number of amides is 2. The summed E-state index contributed by atoms with van der Waals surface area (Å²) in [6.07, 6.45) is 3.15. The number of hydrogen-bond donors (Lipinski definition) is 0. The van der Waals surface area contributed by atoms with Crippen molar-refractivity contribution in [3.8, 4) is 0 Å². The highest BCUT2D eigenvalue weighted by Crippen LogP contribution is 2.39. The molecule has 0 radical (unpaired) electrons. The fourth-order valence-electron chi connectivity index (χ4n) is 4.66. The van der Waals surface area contributed by atoms with Gasteiger partial charge in [0.15, 0.2) is 0 Å². The van der Waals surface area contributed by atoms with E-state index in [0.29, 0.717) is 24.6 Å². The van der Waals surface area contributed by atoms with E-state index in [4.69, 9.17) is 0 Å². The first-order valence-corrected chi connectivity index (χ1v) is 12.3. The first-order chi connectivity index (χ1) is 15.6. The Balaban J connectivity index is 1.43. The Kier molecular flexibility index (Phi) is 5.83. The lowest BCUT2D eigenvalue weighted by Gasteiger charge is -2.38. The predicted octanol–water partition coefficient (Wildman–Crippen LogP) is 5.08. The van der Waals surface area contributed by atoms with Crippen molar-refractivity contribution < 1.29 is 9.59 Å². The van der Waals surface area contributed by atoms with Crippen molar-refractivity contribution >= 4 is 23.2 Å². The van der Waals surface area contributed by atoms with Crippen molar-refractivity contribution in [2.24, 2.45) is 5.92 Å². The summed E-state index contributed by atoms with van der Waals surface area (Å²) in [5.41, 5.74) is 4.23. The van der Waals surface area contributed by atoms with Crippen LogP contribution in [0.3, 0.4) is 0 Å². The summed E-state index contributed by atoms with van der Waals surface area (Å²) in [6.45, 7) is 3.58. The minimum Gasteiger partial charge on any atom is -0.330 e.